The maximum absolute atomic E-state index is 3.69. The molecule has 64 valence electrons. The van der Waals surface area contributed by atoms with Gasteiger partial charge in [-0.1, -0.05) is 6.08 Å². The highest BCUT2D eigenvalue weighted by molar-refractivity contribution is 7.99. The van der Waals surface area contributed by atoms with Crippen molar-refractivity contribution >= 4 is 11.8 Å². The van der Waals surface area contributed by atoms with Gasteiger partial charge in [0.15, 0.2) is 0 Å². The van der Waals surface area contributed by atoms with Gasteiger partial charge >= 0.3 is 0 Å². The van der Waals surface area contributed by atoms with Crippen LogP contribution in [0.2, 0.25) is 0 Å². The second-order valence-corrected chi connectivity index (χ2v) is 4.16. The Morgan fingerprint density at radius 1 is 1.64 bits per heavy atom. The fourth-order valence-corrected chi connectivity index (χ4v) is 2.54. The van der Waals surface area contributed by atoms with Crippen LogP contribution in [0, 0.1) is 5.92 Å². The van der Waals surface area contributed by atoms with Crippen LogP contribution < -0.4 is 5.32 Å². The third kappa shape index (κ3) is 3.82. The molecule has 1 rings (SSSR count). The molecule has 1 N–H and O–H groups in total. The summed E-state index contributed by atoms with van der Waals surface area (Å²) in [4.78, 5) is 0. The minimum atomic E-state index is 0.935. The molecule has 1 atom stereocenters. The van der Waals surface area contributed by atoms with E-state index < -0.39 is 0 Å². The van der Waals surface area contributed by atoms with Crippen LogP contribution >= 0.6 is 11.8 Å². The highest BCUT2D eigenvalue weighted by Gasteiger charge is 2.13. The topological polar surface area (TPSA) is 12.0 Å². The molecule has 2 heteroatoms. The average Bonchev–Trinajstić information content (AvgIpc) is 2.50. The number of rotatable bonds is 5. The second kappa shape index (κ2) is 5.67. The minimum Gasteiger partial charge on any atom is -0.316 e. The Bertz CT molecular complexity index is 108. The summed E-state index contributed by atoms with van der Waals surface area (Å²) in [5.41, 5.74) is 0. The standard InChI is InChI=1S/C9H17NS/c1-2-3-5-10-7-9-4-6-11-8-9/h2,9-10H,1,3-8H2. The van der Waals surface area contributed by atoms with E-state index in [0.717, 1.165) is 18.9 Å². The van der Waals surface area contributed by atoms with Gasteiger partial charge in [0.05, 0.1) is 0 Å². The van der Waals surface area contributed by atoms with E-state index in [2.05, 4.69) is 23.7 Å². The van der Waals surface area contributed by atoms with Crippen molar-refractivity contribution in [2.24, 2.45) is 5.92 Å². The van der Waals surface area contributed by atoms with Gasteiger partial charge < -0.3 is 5.32 Å². The zero-order chi connectivity index (χ0) is 7.94. The molecule has 1 aliphatic heterocycles. The first kappa shape index (κ1) is 9.14. The molecule has 0 amide bonds. The molecule has 0 aromatic carbocycles. The summed E-state index contributed by atoms with van der Waals surface area (Å²) in [6, 6.07) is 0. The van der Waals surface area contributed by atoms with E-state index in [9.17, 15) is 0 Å². The number of thioether (sulfide) groups is 1. The van der Waals surface area contributed by atoms with Crippen molar-refractivity contribution in [2.75, 3.05) is 24.6 Å². The van der Waals surface area contributed by atoms with Crippen LogP contribution in [-0.2, 0) is 0 Å². The van der Waals surface area contributed by atoms with Crippen LogP contribution in [0.5, 0.6) is 0 Å². The first-order chi connectivity index (χ1) is 5.43. The molecular weight excluding hydrogens is 154 g/mol. The normalized spacial score (nSPS) is 23.8. The van der Waals surface area contributed by atoms with Crippen LogP contribution in [0.15, 0.2) is 12.7 Å². The molecule has 0 saturated carbocycles. The molecule has 0 bridgehead atoms. The third-order valence-electron chi connectivity index (χ3n) is 1.98. The maximum Gasteiger partial charge on any atom is -0.00122 e. The van der Waals surface area contributed by atoms with E-state index in [1.807, 2.05) is 6.08 Å². The fourth-order valence-electron chi connectivity index (χ4n) is 1.25. The third-order valence-corrected chi connectivity index (χ3v) is 3.21. The lowest BCUT2D eigenvalue weighted by molar-refractivity contribution is 0.527. The van der Waals surface area contributed by atoms with Crippen molar-refractivity contribution in [3.8, 4) is 0 Å². The molecule has 0 aromatic heterocycles. The zero-order valence-electron chi connectivity index (χ0n) is 7.01. The van der Waals surface area contributed by atoms with Crippen molar-refractivity contribution in [3.05, 3.63) is 12.7 Å². The molecule has 1 heterocycles. The SMILES string of the molecule is C=CCCNCC1CCSC1. The van der Waals surface area contributed by atoms with Gasteiger partial charge in [-0.15, -0.1) is 6.58 Å². The largest absolute Gasteiger partial charge is 0.316 e. The average molecular weight is 171 g/mol. The Kier molecular flexibility index (Phi) is 4.71. The fraction of sp³-hybridized carbons (Fsp3) is 0.778. The van der Waals surface area contributed by atoms with Gasteiger partial charge in [0.1, 0.15) is 0 Å². The lowest BCUT2D eigenvalue weighted by Crippen LogP contribution is -2.23. The number of nitrogens with one attached hydrogen (secondary N) is 1. The second-order valence-electron chi connectivity index (χ2n) is 3.01. The molecule has 0 aliphatic carbocycles. The van der Waals surface area contributed by atoms with Crippen LogP contribution in [0.1, 0.15) is 12.8 Å². The van der Waals surface area contributed by atoms with Gasteiger partial charge in [0.2, 0.25) is 0 Å². The zero-order valence-corrected chi connectivity index (χ0v) is 7.83. The van der Waals surface area contributed by atoms with E-state index >= 15 is 0 Å². The summed E-state index contributed by atoms with van der Waals surface area (Å²) in [7, 11) is 0. The quantitative estimate of drug-likeness (QED) is 0.501. The monoisotopic (exact) mass is 171 g/mol. The Balaban J connectivity index is 1.89. The van der Waals surface area contributed by atoms with Crippen molar-refractivity contribution in [3.63, 3.8) is 0 Å². The van der Waals surface area contributed by atoms with Gasteiger partial charge in [-0.05, 0) is 43.4 Å². The van der Waals surface area contributed by atoms with Crippen molar-refractivity contribution in [1.82, 2.24) is 5.32 Å². The molecule has 0 radical (unpaired) electrons. The van der Waals surface area contributed by atoms with Gasteiger partial charge in [-0.25, -0.2) is 0 Å². The van der Waals surface area contributed by atoms with Gasteiger partial charge in [0.25, 0.3) is 0 Å². The first-order valence-corrected chi connectivity index (χ1v) is 5.48. The molecule has 0 spiro atoms. The predicted molar refractivity (Wildman–Crippen MR) is 53.1 cm³/mol. The van der Waals surface area contributed by atoms with Crippen LogP contribution in [0.4, 0.5) is 0 Å². The Labute approximate surface area is 73.6 Å². The van der Waals surface area contributed by atoms with Crippen LogP contribution in [0.3, 0.4) is 0 Å². The first-order valence-electron chi connectivity index (χ1n) is 4.33. The van der Waals surface area contributed by atoms with Gasteiger partial charge in [0, 0.05) is 0 Å². The summed E-state index contributed by atoms with van der Waals surface area (Å²) in [5, 5.41) is 3.44. The van der Waals surface area contributed by atoms with E-state index in [4.69, 9.17) is 0 Å². The van der Waals surface area contributed by atoms with E-state index in [0.29, 0.717) is 0 Å². The molecule has 11 heavy (non-hydrogen) atoms. The molecular formula is C9H17NS. The smallest absolute Gasteiger partial charge is 0.00122 e. The summed E-state index contributed by atoms with van der Waals surface area (Å²) in [6.07, 6.45) is 4.47. The Hall–Kier alpha value is 0.0500. The van der Waals surface area contributed by atoms with E-state index in [-0.39, 0.29) is 0 Å². The molecule has 1 saturated heterocycles. The van der Waals surface area contributed by atoms with Crippen LogP contribution in [-0.4, -0.2) is 24.6 Å². The summed E-state index contributed by atoms with van der Waals surface area (Å²) < 4.78 is 0. The van der Waals surface area contributed by atoms with Gasteiger partial charge in [-0.2, -0.15) is 11.8 Å². The number of hydrogen-bond donors (Lipinski definition) is 1. The van der Waals surface area contributed by atoms with Gasteiger partial charge in [-0.3, -0.25) is 0 Å². The molecule has 1 aliphatic rings. The molecule has 1 unspecified atom stereocenters. The van der Waals surface area contributed by atoms with Crippen molar-refractivity contribution in [2.45, 2.75) is 12.8 Å². The predicted octanol–water partition coefficient (Wildman–Crippen LogP) is 1.91. The summed E-state index contributed by atoms with van der Waals surface area (Å²) in [5.74, 6) is 3.67. The summed E-state index contributed by atoms with van der Waals surface area (Å²) in [6.45, 7) is 6.00. The minimum absolute atomic E-state index is 0.935. The van der Waals surface area contributed by atoms with Crippen molar-refractivity contribution < 1.29 is 0 Å². The van der Waals surface area contributed by atoms with Crippen molar-refractivity contribution in [1.29, 1.82) is 0 Å². The Morgan fingerprint density at radius 3 is 3.18 bits per heavy atom. The molecule has 0 aromatic rings. The highest BCUT2D eigenvalue weighted by atomic mass is 32.2. The highest BCUT2D eigenvalue weighted by Crippen LogP contribution is 2.22. The molecule has 1 nitrogen and oxygen atoms in total. The number of hydrogen-bond acceptors (Lipinski definition) is 2. The van der Waals surface area contributed by atoms with E-state index in [1.54, 1.807) is 0 Å². The lowest BCUT2D eigenvalue weighted by Gasteiger charge is -2.08. The van der Waals surface area contributed by atoms with E-state index in [1.165, 1.54) is 24.5 Å². The maximum atomic E-state index is 3.69. The Morgan fingerprint density at radius 2 is 2.55 bits per heavy atom. The molecule has 1 fully saturated rings. The van der Waals surface area contributed by atoms with Crippen LogP contribution in [0.25, 0.3) is 0 Å². The lowest BCUT2D eigenvalue weighted by atomic mass is 10.1. The summed E-state index contributed by atoms with van der Waals surface area (Å²) >= 11 is 2.09.